The molecule has 1 aliphatic carbocycles. The SMILES string of the molecule is [O-][n+]1cccc(-c2ncc3c(n2)-c2cncnc2CC3)c1. The fraction of sp³-hybridized carbons (Fsp3) is 0.133. The monoisotopic (exact) mass is 277 g/mol. The molecule has 102 valence electrons. The molecule has 1 aliphatic rings. The summed E-state index contributed by atoms with van der Waals surface area (Å²) in [6.07, 6.45) is 9.82. The van der Waals surface area contributed by atoms with Gasteiger partial charge in [-0.3, -0.25) is 0 Å². The number of aromatic nitrogens is 5. The van der Waals surface area contributed by atoms with Crippen molar-refractivity contribution in [3.8, 4) is 22.6 Å². The quantitative estimate of drug-likeness (QED) is 0.495. The lowest BCUT2D eigenvalue weighted by Gasteiger charge is -2.17. The molecule has 0 saturated carbocycles. The zero-order valence-electron chi connectivity index (χ0n) is 11.1. The molecule has 0 atom stereocenters. The van der Waals surface area contributed by atoms with Gasteiger partial charge in [0.05, 0.1) is 17.0 Å². The number of fused-ring (bicyclic) bond motifs is 3. The van der Waals surface area contributed by atoms with Gasteiger partial charge in [-0.2, -0.15) is 4.73 Å². The van der Waals surface area contributed by atoms with Crippen LogP contribution < -0.4 is 4.73 Å². The van der Waals surface area contributed by atoms with E-state index in [9.17, 15) is 5.21 Å². The van der Waals surface area contributed by atoms with E-state index in [1.807, 2.05) is 12.3 Å². The largest absolute Gasteiger partial charge is 0.619 e. The lowest BCUT2D eigenvalue weighted by atomic mass is 9.94. The van der Waals surface area contributed by atoms with Crippen LogP contribution in [-0.4, -0.2) is 19.9 Å². The zero-order valence-corrected chi connectivity index (χ0v) is 11.1. The summed E-state index contributed by atoms with van der Waals surface area (Å²) in [5.74, 6) is 0.538. The van der Waals surface area contributed by atoms with Gasteiger partial charge in [0.25, 0.3) is 0 Å². The van der Waals surface area contributed by atoms with Gasteiger partial charge in [0, 0.05) is 24.0 Å². The predicted molar refractivity (Wildman–Crippen MR) is 74.9 cm³/mol. The molecule has 0 saturated heterocycles. The molecule has 0 N–H and O–H groups in total. The molecule has 0 bridgehead atoms. The summed E-state index contributed by atoms with van der Waals surface area (Å²) in [5, 5.41) is 11.4. The van der Waals surface area contributed by atoms with E-state index in [0.717, 1.165) is 40.1 Å². The van der Waals surface area contributed by atoms with Crippen LogP contribution in [0.25, 0.3) is 22.6 Å². The summed E-state index contributed by atoms with van der Waals surface area (Å²) in [6, 6.07) is 3.50. The van der Waals surface area contributed by atoms with Gasteiger partial charge in [-0.15, -0.1) is 0 Å². The summed E-state index contributed by atoms with van der Waals surface area (Å²) < 4.78 is 0.745. The number of hydrogen-bond acceptors (Lipinski definition) is 5. The van der Waals surface area contributed by atoms with E-state index in [1.165, 1.54) is 12.4 Å². The summed E-state index contributed by atoms with van der Waals surface area (Å²) in [4.78, 5) is 17.4. The molecule has 3 heterocycles. The first kappa shape index (κ1) is 11.9. The second kappa shape index (κ2) is 4.59. The van der Waals surface area contributed by atoms with E-state index in [2.05, 4.69) is 19.9 Å². The Bertz CT molecular complexity index is 834. The van der Waals surface area contributed by atoms with Crippen LogP contribution in [0.15, 0.2) is 43.2 Å². The smallest absolute Gasteiger partial charge is 0.191 e. The second-order valence-electron chi connectivity index (χ2n) is 4.90. The second-order valence-corrected chi connectivity index (χ2v) is 4.90. The maximum atomic E-state index is 11.4. The average molecular weight is 277 g/mol. The van der Waals surface area contributed by atoms with Crippen LogP contribution >= 0.6 is 0 Å². The van der Waals surface area contributed by atoms with Crippen LogP contribution in [0.5, 0.6) is 0 Å². The number of nitrogens with zero attached hydrogens (tertiary/aromatic N) is 5. The van der Waals surface area contributed by atoms with E-state index in [0.29, 0.717) is 11.4 Å². The summed E-state index contributed by atoms with van der Waals surface area (Å²) in [7, 11) is 0. The van der Waals surface area contributed by atoms with Gasteiger partial charge in [-0.05, 0) is 24.5 Å². The van der Waals surface area contributed by atoms with Crippen molar-refractivity contribution in [2.75, 3.05) is 0 Å². The van der Waals surface area contributed by atoms with Gasteiger partial charge in [0.1, 0.15) is 6.33 Å². The third kappa shape index (κ3) is 2.01. The van der Waals surface area contributed by atoms with Crippen molar-refractivity contribution in [3.05, 3.63) is 59.7 Å². The number of hydrogen-bond donors (Lipinski definition) is 0. The van der Waals surface area contributed by atoms with E-state index in [-0.39, 0.29) is 0 Å². The Kier molecular flexibility index (Phi) is 2.60. The van der Waals surface area contributed by atoms with Crippen LogP contribution in [-0.2, 0) is 12.8 Å². The predicted octanol–water partition coefficient (Wildman–Crippen LogP) is 1.33. The van der Waals surface area contributed by atoms with Crippen molar-refractivity contribution >= 4 is 0 Å². The highest BCUT2D eigenvalue weighted by molar-refractivity contribution is 5.69. The number of aryl methyl sites for hydroxylation is 2. The highest BCUT2D eigenvalue weighted by atomic mass is 16.5. The lowest BCUT2D eigenvalue weighted by Crippen LogP contribution is -2.24. The molecule has 0 unspecified atom stereocenters. The Hall–Kier alpha value is -2.89. The van der Waals surface area contributed by atoms with Crippen molar-refractivity contribution in [3.63, 3.8) is 0 Å². The Labute approximate surface area is 120 Å². The van der Waals surface area contributed by atoms with E-state index in [1.54, 1.807) is 18.6 Å². The normalized spacial score (nSPS) is 12.6. The average Bonchev–Trinajstić information content (AvgIpc) is 2.54. The van der Waals surface area contributed by atoms with Crippen LogP contribution in [0, 0.1) is 5.21 Å². The third-order valence-electron chi connectivity index (χ3n) is 3.58. The Morgan fingerprint density at radius 3 is 3.00 bits per heavy atom. The standard InChI is InChI=1S/C15H11N5O/c21-20-5-1-2-11(8-20)15-17-6-10-3-4-13-12(14(10)19-15)7-16-9-18-13/h1-2,5-9H,3-4H2. The molecule has 0 aliphatic heterocycles. The van der Waals surface area contributed by atoms with Gasteiger partial charge in [0.15, 0.2) is 18.2 Å². The minimum Gasteiger partial charge on any atom is -0.619 e. The molecule has 0 spiro atoms. The first-order chi connectivity index (χ1) is 10.3. The van der Waals surface area contributed by atoms with Crippen LogP contribution in [0.2, 0.25) is 0 Å². The molecule has 0 aromatic carbocycles. The van der Waals surface area contributed by atoms with E-state index >= 15 is 0 Å². The summed E-state index contributed by atoms with van der Waals surface area (Å²) in [6.45, 7) is 0. The molecule has 0 fully saturated rings. The van der Waals surface area contributed by atoms with E-state index in [4.69, 9.17) is 0 Å². The molecule has 3 aromatic heterocycles. The topological polar surface area (TPSA) is 78.5 Å². The first-order valence-corrected chi connectivity index (χ1v) is 6.65. The van der Waals surface area contributed by atoms with Crippen molar-refractivity contribution in [1.29, 1.82) is 0 Å². The van der Waals surface area contributed by atoms with Crippen LogP contribution in [0.3, 0.4) is 0 Å². The molecular formula is C15H11N5O. The van der Waals surface area contributed by atoms with E-state index < -0.39 is 0 Å². The zero-order chi connectivity index (χ0) is 14.2. The molecule has 6 nitrogen and oxygen atoms in total. The van der Waals surface area contributed by atoms with Gasteiger partial charge >= 0.3 is 0 Å². The van der Waals surface area contributed by atoms with Crippen molar-refractivity contribution in [2.24, 2.45) is 0 Å². The maximum Gasteiger partial charge on any atom is 0.191 e. The molecule has 4 rings (SSSR count). The maximum absolute atomic E-state index is 11.4. The third-order valence-corrected chi connectivity index (χ3v) is 3.58. The minimum absolute atomic E-state index is 0.538. The molecule has 0 radical (unpaired) electrons. The van der Waals surface area contributed by atoms with Gasteiger partial charge in [-0.1, -0.05) is 0 Å². The fourth-order valence-corrected chi connectivity index (χ4v) is 2.55. The van der Waals surface area contributed by atoms with Gasteiger partial charge in [0.2, 0.25) is 0 Å². The van der Waals surface area contributed by atoms with Gasteiger partial charge in [-0.25, -0.2) is 19.9 Å². The minimum atomic E-state index is 0.538. The fourth-order valence-electron chi connectivity index (χ4n) is 2.55. The number of pyridine rings is 1. The Balaban J connectivity index is 1.88. The lowest BCUT2D eigenvalue weighted by molar-refractivity contribution is -0.604. The molecule has 21 heavy (non-hydrogen) atoms. The van der Waals surface area contributed by atoms with Crippen LogP contribution in [0.1, 0.15) is 11.3 Å². The van der Waals surface area contributed by atoms with Crippen molar-refractivity contribution in [1.82, 2.24) is 19.9 Å². The summed E-state index contributed by atoms with van der Waals surface area (Å²) in [5.41, 5.74) is 4.61. The summed E-state index contributed by atoms with van der Waals surface area (Å²) >= 11 is 0. The van der Waals surface area contributed by atoms with Gasteiger partial charge < -0.3 is 5.21 Å². The van der Waals surface area contributed by atoms with Crippen molar-refractivity contribution in [2.45, 2.75) is 12.8 Å². The highest BCUT2D eigenvalue weighted by Crippen LogP contribution is 2.30. The van der Waals surface area contributed by atoms with Crippen molar-refractivity contribution < 1.29 is 4.73 Å². The first-order valence-electron chi connectivity index (χ1n) is 6.65. The molecular weight excluding hydrogens is 266 g/mol. The molecule has 3 aromatic rings. The Morgan fingerprint density at radius 2 is 2.10 bits per heavy atom. The Morgan fingerprint density at radius 1 is 1.14 bits per heavy atom. The highest BCUT2D eigenvalue weighted by Gasteiger charge is 2.20. The molecule has 6 heteroatoms. The number of rotatable bonds is 1. The van der Waals surface area contributed by atoms with Crippen LogP contribution in [0.4, 0.5) is 0 Å². The molecule has 0 amide bonds.